The van der Waals surface area contributed by atoms with Crippen molar-refractivity contribution in [3.63, 3.8) is 0 Å². The van der Waals surface area contributed by atoms with Crippen molar-refractivity contribution in [3.05, 3.63) is 12.2 Å². The van der Waals surface area contributed by atoms with Crippen LogP contribution in [0.4, 0.5) is 0 Å². The minimum absolute atomic E-state index is 0.138. The Hall–Kier alpha value is -0.830. The molecule has 0 spiro atoms. The van der Waals surface area contributed by atoms with Gasteiger partial charge in [-0.2, -0.15) is 0 Å². The van der Waals surface area contributed by atoms with Crippen molar-refractivity contribution in [3.8, 4) is 0 Å². The molecule has 1 amide bonds. The van der Waals surface area contributed by atoms with Crippen molar-refractivity contribution >= 4 is 5.91 Å². The van der Waals surface area contributed by atoms with Gasteiger partial charge in [0, 0.05) is 12.2 Å². The summed E-state index contributed by atoms with van der Waals surface area (Å²) in [5.41, 5.74) is 0.515. The van der Waals surface area contributed by atoms with Gasteiger partial charge in [0.1, 0.15) is 6.73 Å². The standard InChI is InChI=1S/C12H23NO2/c1-4-5-6-7-8-9-15-10-13-12(14)11(2)3/h2,4-10H2,1,3H3,(H,13,14). The van der Waals surface area contributed by atoms with Crippen LogP contribution < -0.4 is 5.32 Å². The minimum atomic E-state index is -0.138. The Morgan fingerprint density at radius 3 is 2.53 bits per heavy atom. The Labute approximate surface area is 92.9 Å². The van der Waals surface area contributed by atoms with Crippen molar-refractivity contribution in [2.45, 2.75) is 46.0 Å². The maximum atomic E-state index is 11.0. The van der Waals surface area contributed by atoms with Gasteiger partial charge in [0.2, 0.25) is 5.91 Å². The topological polar surface area (TPSA) is 38.3 Å². The zero-order chi connectivity index (χ0) is 11.5. The smallest absolute Gasteiger partial charge is 0.248 e. The van der Waals surface area contributed by atoms with E-state index in [0.29, 0.717) is 12.3 Å². The van der Waals surface area contributed by atoms with Gasteiger partial charge < -0.3 is 10.1 Å². The lowest BCUT2D eigenvalue weighted by atomic mass is 10.2. The quantitative estimate of drug-likeness (QED) is 0.363. The second-order valence-electron chi connectivity index (χ2n) is 3.75. The van der Waals surface area contributed by atoms with Gasteiger partial charge in [0.05, 0.1) is 0 Å². The Balaban J connectivity index is 3.11. The van der Waals surface area contributed by atoms with E-state index >= 15 is 0 Å². The van der Waals surface area contributed by atoms with E-state index in [1.165, 1.54) is 25.7 Å². The largest absolute Gasteiger partial charge is 0.361 e. The molecule has 3 nitrogen and oxygen atoms in total. The number of ether oxygens (including phenoxy) is 1. The minimum Gasteiger partial charge on any atom is -0.361 e. The number of amides is 1. The van der Waals surface area contributed by atoms with E-state index in [2.05, 4.69) is 18.8 Å². The highest BCUT2D eigenvalue weighted by atomic mass is 16.5. The molecule has 0 atom stereocenters. The monoisotopic (exact) mass is 213 g/mol. The molecular weight excluding hydrogens is 190 g/mol. The number of unbranched alkanes of at least 4 members (excludes halogenated alkanes) is 4. The Bertz CT molecular complexity index is 190. The second-order valence-corrected chi connectivity index (χ2v) is 3.75. The fourth-order valence-electron chi connectivity index (χ4n) is 1.15. The summed E-state index contributed by atoms with van der Waals surface area (Å²) in [5.74, 6) is -0.138. The predicted molar refractivity (Wildman–Crippen MR) is 62.5 cm³/mol. The molecule has 0 aromatic carbocycles. The normalized spacial score (nSPS) is 10.0. The zero-order valence-electron chi connectivity index (χ0n) is 9.97. The molecule has 0 aromatic heterocycles. The van der Waals surface area contributed by atoms with Gasteiger partial charge in [0.25, 0.3) is 0 Å². The highest BCUT2D eigenvalue weighted by Gasteiger charge is 1.98. The number of carbonyl (C=O) groups excluding carboxylic acids is 1. The van der Waals surface area contributed by atoms with E-state index in [1.54, 1.807) is 6.92 Å². The van der Waals surface area contributed by atoms with Crippen LogP contribution in [0.3, 0.4) is 0 Å². The summed E-state index contributed by atoms with van der Waals surface area (Å²) in [4.78, 5) is 11.0. The number of hydrogen-bond donors (Lipinski definition) is 1. The van der Waals surface area contributed by atoms with Gasteiger partial charge in [-0.25, -0.2) is 0 Å². The summed E-state index contributed by atoms with van der Waals surface area (Å²) in [7, 11) is 0. The van der Waals surface area contributed by atoms with Crippen LogP contribution in [0.5, 0.6) is 0 Å². The summed E-state index contributed by atoms with van der Waals surface area (Å²) in [6.45, 7) is 8.43. The van der Waals surface area contributed by atoms with Crippen LogP contribution in [0.15, 0.2) is 12.2 Å². The van der Waals surface area contributed by atoms with E-state index in [0.717, 1.165) is 13.0 Å². The van der Waals surface area contributed by atoms with Gasteiger partial charge >= 0.3 is 0 Å². The summed E-state index contributed by atoms with van der Waals surface area (Å²) in [6.07, 6.45) is 6.12. The highest BCUT2D eigenvalue weighted by Crippen LogP contribution is 2.01. The van der Waals surface area contributed by atoms with Gasteiger partial charge in [-0.1, -0.05) is 39.2 Å². The average molecular weight is 213 g/mol. The SMILES string of the molecule is C=C(C)C(=O)NCOCCCCCCC. The van der Waals surface area contributed by atoms with Gasteiger partial charge in [-0.15, -0.1) is 0 Å². The third-order valence-electron chi connectivity index (χ3n) is 2.11. The lowest BCUT2D eigenvalue weighted by Gasteiger charge is -2.05. The van der Waals surface area contributed by atoms with Gasteiger partial charge in [-0.05, 0) is 13.3 Å². The third kappa shape index (κ3) is 9.47. The number of carbonyl (C=O) groups is 1. The molecular formula is C12H23NO2. The highest BCUT2D eigenvalue weighted by molar-refractivity contribution is 5.91. The predicted octanol–water partition coefficient (Wildman–Crippen LogP) is 2.62. The van der Waals surface area contributed by atoms with E-state index in [-0.39, 0.29) is 5.91 Å². The van der Waals surface area contributed by atoms with Crippen molar-refractivity contribution in [2.24, 2.45) is 0 Å². The molecule has 0 aliphatic heterocycles. The van der Waals surface area contributed by atoms with Crippen LogP contribution in [-0.2, 0) is 9.53 Å². The van der Waals surface area contributed by atoms with Gasteiger partial charge in [0.15, 0.2) is 0 Å². The fourth-order valence-corrected chi connectivity index (χ4v) is 1.15. The Morgan fingerprint density at radius 2 is 1.93 bits per heavy atom. The molecule has 0 rings (SSSR count). The molecule has 15 heavy (non-hydrogen) atoms. The van der Waals surface area contributed by atoms with Crippen LogP contribution in [0.25, 0.3) is 0 Å². The van der Waals surface area contributed by atoms with Crippen LogP contribution >= 0.6 is 0 Å². The second kappa shape index (κ2) is 9.71. The van der Waals surface area contributed by atoms with E-state index in [1.807, 2.05) is 0 Å². The summed E-state index contributed by atoms with van der Waals surface area (Å²) < 4.78 is 5.26. The molecule has 88 valence electrons. The molecule has 0 radical (unpaired) electrons. The first kappa shape index (κ1) is 14.2. The summed E-state index contributed by atoms with van der Waals surface area (Å²) >= 11 is 0. The first-order valence-corrected chi connectivity index (χ1v) is 5.70. The maximum Gasteiger partial charge on any atom is 0.248 e. The molecule has 0 saturated carbocycles. The first-order valence-electron chi connectivity index (χ1n) is 5.70. The van der Waals surface area contributed by atoms with Crippen molar-refractivity contribution < 1.29 is 9.53 Å². The lowest BCUT2D eigenvalue weighted by Crippen LogP contribution is -2.26. The van der Waals surface area contributed by atoms with Crippen LogP contribution in [0, 0.1) is 0 Å². The molecule has 1 N–H and O–H groups in total. The van der Waals surface area contributed by atoms with Crippen molar-refractivity contribution in [1.82, 2.24) is 5.32 Å². The Morgan fingerprint density at radius 1 is 1.27 bits per heavy atom. The molecule has 0 aliphatic carbocycles. The molecule has 0 aromatic rings. The molecule has 0 heterocycles. The Kier molecular flexibility index (Phi) is 9.18. The molecule has 0 unspecified atom stereocenters. The van der Waals surface area contributed by atoms with E-state index in [9.17, 15) is 4.79 Å². The van der Waals surface area contributed by atoms with Crippen LogP contribution in [0.1, 0.15) is 46.0 Å². The number of rotatable bonds is 9. The maximum absolute atomic E-state index is 11.0. The zero-order valence-corrected chi connectivity index (χ0v) is 9.97. The lowest BCUT2D eigenvalue weighted by molar-refractivity contribution is -0.119. The third-order valence-corrected chi connectivity index (χ3v) is 2.11. The fraction of sp³-hybridized carbons (Fsp3) is 0.750. The number of hydrogen-bond acceptors (Lipinski definition) is 2. The van der Waals surface area contributed by atoms with Crippen LogP contribution in [0.2, 0.25) is 0 Å². The van der Waals surface area contributed by atoms with Crippen molar-refractivity contribution in [1.29, 1.82) is 0 Å². The number of nitrogens with one attached hydrogen (secondary N) is 1. The molecule has 0 saturated heterocycles. The van der Waals surface area contributed by atoms with E-state index in [4.69, 9.17) is 4.74 Å². The summed E-state index contributed by atoms with van der Waals surface area (Å²) in [5, 5.41) is 2.62. The van der Waals surface area contributed by atoms with E-state index < -0.39 is 0 Å². The first-order chi connectivity index (χ1) is 7.18. The molecule has 3 heteroatoms. The van der Waals surface area contributed by atoms with Gasteiger partial charge in [-0.3, -0.25) is 4.79 Å². The summed E-state index contributed by atoms with van der Waals surface area (Å²) in [6, 6.07) is 0. The van der Waals surface area contributed by atoms with Crippen LogP contribution in [-0.4, -0.2) is 19.2 Å². The molecule has 0 aliphatic rings. The average Bonchev–Trinajstić information content (AvgIpc) is 2.21. The van der Waals surface area contributed by atoms with Crippen molar-refractivity contribution in [2.75, 3.05) is 13.3 Å². The molecule has 0 bridgehead atoms. The molecule has 0 fully saturated rings.